The van der Waals surface area contributed by atoms with Gasteiger partial charge in [0, 0.05) is 13.1 Å². The van der Waals surface area contributed by atoms with E-state index < -0.39 is 6.09 Å². The van der Waals surface area contributed by atoms with E-state index in [9.17, 15) is 14.4 Å². The Balaban J connectivity index is 1.77. The molecule has 1 N–H and O–H groups in total. The number of nitrogens with zero attached hydrogens (tertiary/aromatic N) is 1. The summed E-state index contributed by atoms with van der Waals surface area (Å²) in [5.41, 5.74) is 0.823. The fraction of sp³-hybridized carbons (Fsp3) is 0.357. The molecule has 1 heterocycles. The number of cyclic esters (lactones) is 1. The van der Waals surface area contributed by atoms with E-state index >= 15 is 0 Å². The molecule has 112 valence electrons. The van der Waals surface area contributed by atoms with Crippen molar-refractivity contribution in [1.29, 1.82) is 0 Å². The quantitative estimate of drug-likeness (QED) is 0.817. The SMILES string of the molecule is COc1cccc(CC(=O)NCCN2C(=O)COC2=O)c1. The van der Waals surface area contributed by atoms with Crippen LogP contribution in [0, 0.1) is 0 Å². The minimum absolute atomic E-state index is 0.113. The van der Waals surface area contributed by atoms with Gasteiger partial charge < -0.3 is 14.8 Å². The van der Waals surface area contributed by atoms with Crippen molar-refractivity contribution < 1.29 is 23.9 Å². The topological polar surface area (TPSA) is 84.9 Å². The highest BCUT2D eigenvalue weighted by atomic mass is 16.6. The van der Waals surface area contributed by atoms with Crippen LogP contribution in [0.2, 0.25) is 0 Å². The third-order valence-electron chi connectivity index (χ3n) is 3.00. The highest BCUT2D eigenvalue weighted by Crippen LogP contribution is 2.12. The highest BCUT2D eigenvalue weighted by Gasteiger charge is 2.30. The van der Waals surface area contributed by atoms with Crippen LogP contribution in [0.5, 0.6) is 5.75 Å². The average molecular weight is 292 g/mol. The smallest absolute Gasteiger partial charge is 0.417 e. The number of ether oxygens (including phenoxy) is 2. The fourth-order valence-corrected chi connectivity index (χ4v) is 1.93. The third-order valence-corrected chi connectivity index (χ3v) is 3.00. The second-order valence-corrected chi connectivity index (χ2v) is 4.48. The van der Waals surface area contributed by atoms with Crippen molar-refractivity contribution >= 4 is 17.9 Å². The Morgan fingerprint density at radius 1 is 1.43 bits per heavy atom. The summed E-state index contributed by atoms with van der Waals surface area (Å²) in [6.07, 6.45) is -0.461. The molecule has 0 bridgehead atoms. The molecule has 1 fully saturated rings. The summed E-state index contributed by atoms with van der Waals surface area (Å²) in [5.74, 6) is 0.107. The van der Waals surface area contributed by atoms with Gasteiger partial charge in [0.2, 0.25) is 5.91 Å². The van der Waals surface area contributed by atoms with Crippen LogP contribution >= 0.6 is 0 Å². The number of nitrogens with one attached hydrogen (secondary N) is 1. The summed E-state index contributed by atoms with van der Waals surface area (Å²) in [6, 6.07) is 7.21. The zero-order valence-electron chi connectivity index (χ0n) is 11.6. The van der Waals surface area contributed by atoms with E-state index in [0.29, 0.717) is 5.75 Å². The maximum Gasteiger partial charge on any atom is 0.417 e. The average Bonchev–Trinajstić information content (AvgIpc) is 2.79. The lowest BCUT2D eigenvalue weighted by Gasteiger charge is -2.11. The molecule has 21 heavy (non-hydrogen) atoms. The molecule has 0 aromatic heterocycles. The van der Waals surface area contributed by atoms with Gasteiger partial charge in [-0.25, -0.2) is 9.69 Å². The zero-order valence-corrected chi connectivity index (χ0v) is 11.6. The third kappa shape index (κ3) is 3.95. The minimum Gasteiger partial charge on any atom is -0.497 e. The van der Waals surface area contributed by atoms with E-state index in [0.717, 1.165) is 10.5 Å². The number of carbonyl (C=O) groups is 3. The Hall–Kier alpha value is -2.57. The molecule has 1 aliphatic rings. The molecule has 2 rings (SSSR count). The molecular formula is C14H16N2O5. The van der Waals surface area contributed by atoms with E-state index in [1.54, 1.807) is 25.3 Å². The van der Waals surface area contributed by atoms with Crippen LogP contribution in [0.1, 0.15) is 5.56 Å². The van der Waals surface area contributed by atoms with E-state index in [1.807, 2.05) is 6.07 Å². The first-order valence-corrected chi connectivity index (χ1v) is 6.47. The van der Waals surface area contributed by atoms with Gasteiger partial charge in [0.1, 0.15) is 5.75 Å². The number of hydrogen-bond acceptors (Lipinski definition) is 5. The highest BCUT2D eigenvalue weighted by molar-refractivity contribution is 5.97. The molecule has 3 amide bonds. The number of benzene rings is 1. The van der Waals surface area contributed by atoms with E-state index in [-0.39, 0.29) is 37.9 Å². The standard InChI is InChI=1S/C14H16N2O5/c1-20-11-4-2-3-10(7-11)8-12(17)15-5-6-16-13(18)9-21-14(16)19/h2-4,7H,5-6,8-9H2,1H3,(H,15,17). The molecule has 7 nitrogen and oxygen atoms in total. The fourth-order valence-electron chi connectivity index (χ4n) is 1.93. The van der Waals surface area contributed by atoms with Crippen LogP contribution < -0.4 is 10.1 Å². The summed E-state index contributed by atoms with van der Waals surface area (Å²) < 4.78 is 9.65. The van der Waals surface area contributed by atoms with Crippen molar-refractivity contribution in [2.75, 3.05) is 26.8 Å². The van der Waals surface area contributed by atoms with Crippen molar-refractivity contribution in [3.05, 3.63) is 29.8 Å². The van der Waals surface area contributed by atoms with Crippen LogP contribution in [0.4, 0.5) is 4.79 Å². The second kappa shape index (κ2) is 6.74. The van der Waals surface area contributed by atoms with Gasteiger partial charge in [-0.3, -0.25) is 9.59 Å². The number of rotatable bonds is 6. The van der Waals surface area contributed by atoms with Crippen LogP contribution in [-0.4, -0.2) is 49.6 Å². The molecule has 1 saturated heterocycles. The van der Waals surface area contributed by atoms with E-state index in [1.165, 1.54) is 0 Å². The molecule has 0 spiro atoms. The normalized spacial score (nSPS) is 14.0. The van der Waals surface area contributed by atoms with Crippen molar-refractivity contribution in [2.24, 2.45) is 0 Å². The van der Waals surface area contributed by atoms with Crippen molar-refractivity contribution in [2.45, 2.75) is 6.42 Å². The van der Waals surface area contributed by atoms with Crippen LogP contribution in [0.3, 0.4) is 0 Å². The van der Waals surface area contributed by atoms with E-state index in [4.69, 9.17) is 4.74 Å². The van der Waals surface area contributed by atoms with Crippen molar-refractivity contribution in [1.82, 2.24) is 10.2 Å². The summed E-state index contributed by atoms with van der Waals surface area (Å²) >= 11 is 0. The molecule has 1 aliphatic heterocycles. The lowest BCUT2D eigenvalue weighted by molar-refractivity contribution is -0.126. The number of carbonyl (C=O) groups excluding carboxylic acids is 3. The Kier molecular flexibility index (Phi) is 4.76. The Bertz CT molecular complexity index is 542. The van der Waals surface area contributed by atoms with Gasteiger partial charge in [-0.05, 0) is 17.7 Å². The van der Waals surface area contributed by atoms with Gasteiger partial charge in [0.15, 0.2) is 6.61 Å². The predicted octanol–water partition coefficient (Wildman–Crippen LogP) is 0.333. The molecule has 1 aromatic carbocycles. The van der Waals surface area contributed by atoms with Gasteiger partial charge in [0.25, 0.3) is 5.91 Å². The number of imide groups is 1. The number of methoxy groups -OCH3 is 1. The molecular weight excluding hydrogens is 276 g/mol. The monoisotopic (exact) mass is 292 g/mol. The first kappa shape index (κ1) is 14.8. The number of hydrogen-bond donors (Lipinski definition) is 1. The summed E-state index contributed by atoms with van der Waals surface area (Å²) in [6.45, 7) is 0.0851. The second-order valence-electron chi connectivity index (χ2n) is 4.48. The molecule has 0 radical (unpaired) electrons. The van der Waals surface area contributed by atoms with Gasteiger partial charge >= 0.3 is 6.09 Å². The molecule has 0 atom stereocenters. The van der Waals surface area contributed by atoms with Gasteiger partial charge in [0.05, 0.1) is 13.5 Å². The first-order chi connectivity index (χ1) is 10.1. The number of amides is 3. The first-order valence-electron chi connectivity index (χ1n) is 6.47. The van der Waals surface area contributed by atoms with Crippen LogP contribution in [0.25, 0.3) is 0 Å². The molecule has 0 aliphatic carbocycles. The molecule has 0 saturated carbocycles. The molecule has 0 unspecified atom stereocenters. The van der Waals surface area contributed by atoms with Gasteiger partial charge in [-0.15, -0.1) is 0 Å². The minimum atomic E-state index is -0.665. The van der Waals surface area contributed by atoms with Crippen LogP contribution in [0.15, 0.2) is 24.3 Å². The zero-order chi connectivity index (χ0) is 15.2. The van der Waals surface area contributed by atoms with Crippen LogP contribution in [-0.2, 0) is 20.7 Å². The lowest BCUT2D eigenvalue weighted by Crippen LogP contribution is -2.38. The maximum absolute atomic E-state index is 11.8. The Morgan fingerprint density at radius 2 is 2.24 bits per heavy atom. The lowest BCUT2D eigenvalue weighted by atomic mass is 10.1. The predicted molar refractivity (Wildman–Crippen MR) is 72.8 cm³/mol. The molecule has 7 heteroatoms. The Labute approximate surface area is 121 Å². The van der Waals surface area contributed by atoms with Crippen molar-refractivity contribution in [3.63, 3.8) is 0 Å². The molecule has 1 aromatic rings. The summed E-state index contributed by atoms with van der Waals surface area (Å²) in [4.78, 5) is 35.2. The van der Waals surface area contributed by atoms with Gasteiger partial charge in [-0.2, -0.15) is 0 Å². The summed E-state index contributed by atoms with van der Waals surface area (Å²) in [5, 5.41) is 2.66. The largest absolute Gasteiger partial charge is 0.497 e. The van der Waals surface area contributed by atoms with E-state index in [2.05, 4.69) is 10.1 Å². The van der Waals surface area contributed by atoms with Crippen molar-refractivity contribution in [3.8, 4) is 5.75 Å². The maximum atomic E-state index is 11.8. The Morgan fingerprint density at radius 3 is 2.90 bits per heavy atom. The summed E-state index contributed by atoms with van der Waals surface area (Å²) in [7, 11) is 1.56. The van der Waals surface area contributed by atoms with Gasteiger partial charge in [-0.1, -0.05) is 12.1 Å².